The van der Waals surface area contributed by atoms with Gasteiger partial charge in [0.2, 0.25) is 5.91 Å². The fraction of sp³-hybridized carbons (Fsp3) is 0.238. The van der Waals surface area contributed by atoms with Gasteiger partial charge in [0.25, 0.3) is 0 Å². The molecule has 0 bridgehead atoms. The Balaban J connectivity index is 1.51. The number of carbonyl (C=O) groups is 1. The number of imidazole rings is 1. The maximum Gasteiger partial charge on any atom is 0.227 e. The van der Waals surface area contributed by atoms with E-state index in [0.29, 0.717) is 12.1 Å². The Labute approximate surface area is 157 Å². The van der Waals surface area contributed by atoms with Gasteiger partial charge < -0.3 is 9.88 Å². The van der Waals surface area contributed by atoms with Gasteiger partial charge in [-0.05, 0) is 41.3 Å². The number of hydrogen-bond acceptors (Lipinski definition) is 4. The van der Waals surface area contributed by atoms with Gasteiger partial charge in [-0.2, -0.15) is 0 Å². The first-order valence-corrected chi connectivity index (χ1v) is 9.06. The number of aromatic nitrogens is 2. The maximum atomic E-state index is 12.8. The van der Waals surface area contributed by atoms with Crippen LogP contribution in [-0.2, 0) is 11.2 Å². The summed E-state index contributed by atoms with van der Waals surface area (Å²) in [6.45, 7) is 0.756. The molecule has 0 unspecified atom stereocenters. The predicted octanol–water partition coefficient (Wildman–Crippen LogP) is 4.38. The number of nitrogens with one attached hydrogen (secondary N) is 1. The second kappa shape index (κ2) is 7.53. The summed E-state index contributed by atoms with van der Waals surface area (Å²) in [4.78, 5) is 33.1. The number of hydrogen-bond donors (Lipinski definition) is 1. The first-order valence-electron chi connectivity index (χ1n) is 9.06. The van der Waals surface area contributed by atoms with Crippen LogP contribution in [0.25, 0.3) is 11.3 Å². The van der Waals surface area contributed by atoms with Crippen LogP contribution in [0.3, 0.4) is 0 Å². The SMILES string of the molecule is O=Nc1ccc(-c2cnc([C@@H]3CCCN3C(=O)Cc3ccccc3)[nH]2)cc1. The van der Waals surface area contributed by atoms with E-state index < -0.39 is 0 Å². The molecule has 0 saturated carbocycles. The van der Waals surface area contributed by atoms with Crippen molar-refractivity contribution in [2.75, 3.05) is 6.54 Å². The average molecular weight is 360 g/mol. The van der Waals surface area contributed by atoms with Crippen LogP contribution < -0.4 is 0 Å². The molecule has 2 aromatic carbocycles. The maximum absolute atomic E-state index is 12.8. The number of nitrogens with zero attached hydrogens (tertiary/aromatic N) is 3. The van der Waals surface area contributed by atoms with Crippen molar-refractivity contribution in [1.29, 1.82) is 0 Å². The van der Waals surface area contributed by atoms with Crippen molar-refractivity contribution in [1.82, 2.24) is 14.9 Å². The lowest BCUT2D eigenvalue weighted by Crippen LogP contribution is -2.32. The highest BCUT2D eigenvalue weighted by Crippen LogP contribution is 2.32. The fourth-order valence-electron chi connectivity index (χ4n) is 3.58. The van der Waals surface area contributed by atoms with E-state index >= 15 is 0 Å². The predicted molar refractivity (Wildman–Crippen MR) is 103 cm³/mol. The van der Waals surface area contributed by atoms with E-state index in [1.54, 1.807) is 18.3 Å². The van der Waals surface area contributed by atoms with Gasteiger partial charge in [0.05, 0.1) is 24.4 Å². The molecule has 1 saturated heterocycles. The van der Waals surface area contributed by atoms with Crippen LogP contribution >= 0.6 is 0 Å². The molecule has 3 aromatic rings. The fourth-order valence-corrected chi connectivity index (χ4v) is 3.58. The Morgan fingerprint density at radius 3 is 2.67 bits per heavy atom. The number of benzene rings is 2. The highest BCUT2D eigenvalue weighted by atomic mass is 16.3. The average Bonchev–Trinajstić information content (AvgIpc) is 3.38. The van der Waals surface area contributed by atoms with Gasteiger partial charge in [0.1, 0.15) is 11.5 Å². The zero-order chi connectivity index (χ0) is 18.6. The van der Waals surface area contributed by atoms with Gasteiger partial charge in [0, 0.05) is 6.54 Å². The molecule has 6 heteroatoms. The molecule has 1 aliphatic rings. The topological polar surface area (TPSA) is 78.4 Å². The quantitative estimate of drug-likeness (QED) is 0.686. The molecule has 0 aliphatic carbocycles. The largest absolute Gasteiger partial charge is 0.340 e. The van der Waals surface area contributed by atoms with Crippen LogP contribution in [0.15, 0.2) is 66.0 Å². The standard InChI is InChI=1S/C21H20N4O2/c26-20(13-15-5-2-1-3-6-15)25-12-4-7-19(25)21-22-14-18(23-21)16-8-10-17(24-27)11-9-16/h1-3,5-6,8-11,14,19H,4,7,12-13H2,(H,22,23)/t19-/m0/s1. The Hall–Kier alpha value is -3.28. The molecular weight excluding hydrogens is 340 g/mol. The number of rotatable bonds is 5. The number of nitroso groups, excluding NO2 is 1. The summed E-state index contributed by atoms with van der Waals surface area (Å²) >= 11 is 0. The normalized spacial score (nSPS) is 16.4. The minimum atomic E-state index is -0.0223. The molecule has 4 rings (SSSR count). The highest BCUT2D eigenvalue weighted by molar-refractivity contribution is 5.79. The third kappa shape index (κ3) is 3.65. The van der Waals surface area contributed by atoms with Gasteiger partial charge in [-0.25, -0.2) is 4.98 Å². The monoisotopic (exact) mass is 360 g/mol. The Kier molecular flexibility index (Phi) is 4.78. The summed E-state index contributed by atoms with van der Waals surface area (Å²) in [6.07, 6.45) is 4.06. The lowest BCUT2D eigenvalue weighted by molar-refractivity contribution is -0.131. The smallest absolute Gasteiger partial charge is 0.227 e. The Bertz CT molecular complexity index is 934. The van der Waals surface area contributed by atoms with Crippen molar-refractivity contribution in [3.63, 3.8) is 0 Å². The van der Waals surface area contributed by atoms with Crippen LogP contribution in [0, 0.1) is 4.91 Å². The Morgan fingerprint density at radius 1 is 1.15 bits per heavy atom. The summed E-state index contributed by atoms with van der Waals surface area (Å²) in [5.41, 5.74) is 3.22. The van der Waals surface area contributed by atoms with Crippen molar-refractivity contribution < 1.29 is 4.79 Å². The van der Waals surface area contributed by atoms with Crippen molar-refractivity contribution >= 4 is 11.6 Å². The third-order valence-corrected chi connectivity index (χ3v) is 4.97. The summed E-state index contributed by atoms with van der Waals surface area (Å²) in [7, 11) is 0. The molecule has 1 N–H and O–H groups in total. The third-order valence-electron chi connectivity index (χ3n) is 4.97. The number of likely N-dealkylation sites (tertiary alicyclic amines) is 1. The van der Waals surface area contributed by atoms with Crippen LogP contribution in [0.1, 0.15) is 30.3 Å². The number of amides is 1. The van der Waals surface area contributed by atoms with Gasteiger partial charge >= 0.3 is 0 Å². The van der Waals surface area contributed by atoms with Gasteiger partial charge in [-0.15, -0.1) is 4.91 Å². The van der Waals surface area contributed by atoms with E-state index in [2.05, 4.69) is 15.1 Å². The van der Waals surface area contributed by atoms with Gasteiger partial charge in [0.15, 0.2) is 0 Å². The van der Waals surface area contributed by atoms with E-state index in [9.17, 15) is 9.70 Å². The lowest BCUT2D eigenvalue weighted by Gasteiger charge is -2.23. The molecule has 1 amide bonds. The number of carbonyl (C=O) groups excluding carboxylic acids is 1. The summed E-state index contributed by atoms with van der Waals surface area (Å²) in [5.74, 6) is 0.935. The van der Waals surface area contributed by atoms with Crippen molar-refractivity contribution in [2.45, 2.75) is 25.3 Å². The molecule has 1 fully saturated rings. The van der Waals surface area contributed by atoms with E-state index in [1.165, 1.54) is 0 Å². The second-order valence-electron chi connectivity index (χ2n) is 6.73. The summed E-state index contributed by atoms with van der Waals surface area (Å²) in [6, 6.07) is 16.8. The minimum Gasteiger partial charge on any atom is -0.340 e. The summed E-state index contributed by atoms with van der Waals surface area (Å²) < 4.78 is 0. The minimum absolute atomic E-state index is 0.0223. The zero-order valence-corrected chi connectivity index (χ0v) is 14.8. The molecule has 1 aromatic heterocycles. The van der Waals surface area contributed by atoms with Gasteiger partial charge in [-0.1, -0.05) is 42.5 Å². The van der Waals surface area contributed by atoms with Crippen LogP contribution in [0.2, 0.25) is 0 Å². The van der Waals surface area contributed by atoms with E-state index in [0.717, 1.165) is 42.0 Å². The van der Waals surface area contributed by atoms with E-state index in [4.69, 9.17) is 0 Å². The molecule has 136 valence electrons. The second-order valence-corrected chi connectivity index (χ2v) is 6.73. The zero-order valence-electron chi connectivity index (χ0n) is 14.8. The van der Waals surface area contributed by atoms with Crippen LogP contribution in [-0.4, -0.2) is 27.3 Å². The van der Waals surface area contributed by atoms with E-state index in [-0.39, 0.29) is 11.9 Å². The van der Waals surface area contributed by atoms with Crippen LogP contribution in [0.5, 0.6) is 0 Å². The molecule has 0 radical (unpaired) electrons. The number of H-pyrrole nitrogens is 1. The molecule has 1 atom stereocenters. The molecular formula is C21H20N4O2. The molecule has 2 heterocycles. The molecule has 0 spiro atoms. The highest BCUT2D eigenvalue weighted by Gasteiger charge is 2.31. The number of aromatic amines is 1. The first-order chi connectivity index (χ1) is 13.2. The Morgan fingerprint density at radius 2 is 1.93 bits per heavy atom. The molecule has 1 aliphatic heterocycles. The lowest BCUT2D eigenvalue weighted by atomic mass is 10.1. The summed E-state index contributed by atoms with van der Waals surface area (Å²) in [5, 5.41) is 2.92. The van der Waals surface area contributed by atoms with Crippen molar-refractivity contribution in [3.8, 4) is 11.3 Å². The van der Waals surface area contributed by atoms with Crippen molar-refractivity contribution in [2.24, 2.45) is 5.18 Å². The van der Waals surface area contributed by atoms with Gasteiger partial charge in [-0.3, -0.25) is 4.79 Å². The molecule has 27 heavy (non-hydrogen) atoms. The van der Waals surface area contributed by atoms with Crippen LogP contribution in [0.4, 0.5) is 5.69 Å². The first kappa shape index (κ1) is 17.1. The van der Waals surface area contributed by atoms with E-state index in [1.807, 2.05) is 47.4 Å². The van der Waals surface area contributed by atoms with Crippen molar-refractivity contribution in [3.05, 3.63) is 77.1 Å². The molecule has 6 nitrogen and oxygen atoms in total.